The van der Waals surface area contributed by atoms with Crippen molar-refractivity contribution in [3.05, 3.63) is 69.9 Å². The van der Waals surface area contributed by atoms with Crippen molar-refractivity contribution in [3.8, 4) is 0 Å². The molecule has 4 aromatic rings. The van der Waals surface area contributed by atoms with Crippen molar-refractivity contribution >= 4 is 38.7 Å². The maximum absolute atomic E-state index is 12.7. The van der Waals surface area contributed by atoms with Gasteiger partial charge in [0.25, 0.3) is 15.6 Å². The van der Waals surface area contributed by atoms with Crippen LogP contribution in [0.1, 0.15) is 6.42 Å². The van der Waals surface area contributed by atoms with Crippen LogP contribution in [0.2, 0.25) is 0 Å². The van der Waals surface area contributed by atoms with Crippen LogP contribution in [0.4, 0.5) is 11.6 Å². The maximum atomic E-state index is 12.7. The van der Waals surface area contributed by atoms with E-state index in [4.69, 9.17) is 0 Å². The van der Waals surface area contributed by atoms with Crippen molar-refractivity contribution in [1.82, 2.24) is 28.7 Å². The van der Waals surface area contributed by atoms with Gasteiger partial charge in [-0.15, -0.1) is 0 Å². The molecule has 34 heavy (non-hydrogen) atoms. The molecule has 14 heteroatoms. The highest BCUT2D eigenvalue weighted by molar-refractivity contribution is 7.92. The van der Waals surface area contributed by atoms with Crippen molar-refractivity contribution < 1.29 is 13.2 Å². The molecule has 13 nitrogen and oxygen atoms in total. The largest absolute Gasteiger partial charge is 0.332 e. The maximum Gasteiger partial charge on any atom is 0.332 e. The number of carbonyl (C=O) groups is 1. The Bertz CT molecular complexity index is 1590. The van der Waals surface area contributed by atoms with Gasteiger partial charge in [0.05, 0.1) is 11.2 Å². The number of imidazole rings is 1. The number of rotatable bonds is 7. The fourth-order valence-electron chi connectivity index (χ4n) is 3.28. The number of aryl methyl sites for hydroxylation is 2. The molecule has 3 aromatic heterocycles. The smallest absolute Gasteiger partial charge is 0.328 e. The van der Waals surface area contributed by atoms with E-state index < -0.39 is 27.2 Å². The van der Waals surface area contributed by atoms with Crippen LogP contribution in [0.5, 0.6) is 0 Å². The van der Waals surface area contributed by atoms with Gasteiger partial charge in [0.1, 0.15) is 0 Å². The molecular formula is C20H20N8O5S. The van der Waals surface area contributed by atoms with Crippen LogP contribution in [-0.2, 0) is 35.5 Å². The first-order valence-electron chi connectivity index (χ1n) is 9.98. The van der Waals surface area contributed by atoms with Gasteiger partial charge in [0, 0.05) is 45.1 Å². The van der Waals surface area contributed by atoms with Crippen LogP contribution in [0.15, 0.2) is 63.5 Å². The fourth-order valence-corrected chi connectivity index (χ4v) is 4.24. The molecule has 176 valence electrons. The normalized spacial score (nSPS) is 11.5. The van der Waals surface area contributed by atoms with Crippen LogP contribution in [0, 0.1) is 0 Å². The van der Waals surface area contributed by atoms with Gasteiger partial charge in [0.15, 0.2) is 11.2 Å². The van der Waals surface area contributed by atoms with E-state index in [-0.39, 0.29) is 35.0 Å². The standard InChI is InChI=1S/C20H20N8O5S/c1-26-12-23-17-16(26)18(30)28(20(31)27(17)2)11-8-15(29)24-13-4-6-14(7-5-13)34(32,33)25-19-21-9-3-10-22-19/h3-7,9-10,12H,8,11H2,1-2H3,(H,24,29)(H,21,22,25). The van der Waals surface area contributed by atoms with E-state index >= 15 is 0 Å². The SMILES string of the molecule is Cn1cnc2c1c(=O)n(CCC(=O)Nc1ccc(S(=O)(=O)Nc3ncccn3)cc1)c(=O)n2C. The molecule has 1 aromatic carbocycles. The predicted octanol–water partition coefficient (Wildman–Crippen LogP) is 0.0533. The first kappa shape index (κ1) is 22.8. The topological polar surface area (TPSA) is 163 Å². The average molecular weight is 484 g/mol. The van der Waals surface area contributed by atoms with Gasteiger partial charge in [-0.1, -0.05) is 0 Å². The summed E-state index contributed by atoms with van der Waals surface area (Å²) in [5, 5.41) is 2.62. The predicted molar refractivity (Wildman–Crippen MR) is 123 cm³/mol. The molecule has 0 aliphatic carbocycles. The summed E-state index contributed by atoms with van der Waals surface area (Å²) in [6, 6.07) is 7.03. The molecule has 0 saturated heterocycles. The van der Waals surface area contributed by atoms with Gasteiger partial charge >= 0.3 is 5.69 Å². The number of benzene rings is 1. The summed E-state index contributed by atoms with van der Waals surface area (Å²) in [6.45, 7) is -0.133. The lowest BCUT2D eigenvalue weighted by atomic mass is 10.3. The first-order valence-corrected chi connectivity index (χ1v) is 11.5. The average Bonchev–Trinajstić information content (AvgIpc) is 3.20. The number of carbonyl (C=O) groups excluding carboxylic acids is 1. The molecule has 2 N–H and O–H groups in total. The number of anilines is 2. The Morgan fingerprint density at radius 1 is 1.03 bits per heavy atom. The molecule has 3 heterocycles. The molecule has 0 bridgehead atoms. The highest BCUT2D eigenvalue weighted by atomic mass is 32.2. The monoisotopic (exact) mass is 484 g/mol. The summed E-state index contributed by atoms with van der Waals surface area (Å²) in [4.78, 5) is 49.3. The van der Waals surface area contributed by atoms with Crippen molar-refractivity contribution in [2.24, 2.45) is 14.1 Å². The molecule has 0 spiro atoms. The third kappa shape index (κ3) is 4.43. The van der Waals surface area contributed by atoms with Crippen molar-refractivity contribution in [2.45, 2.75) is 17.9 Å². The Kier molecular flexibility index (Phi) is 5.98. The van der Waals surface area contributed by atoms with Gasteiger partial charge in [-0.3, -0.25) is 18.7 Å². The van der Waals surface area contributed by atoms with Gasteiger partial charge < -0.3 is 9.88 Å². The van der Waals surface area contributed by atoms with Gasteiger partial charge in [-0.2, -0.15) is 0 Å². The molecular weight excluding hydrogens is 464 g/mol. The highest BCUT2D eigenvalue weighted by Gasteiger charge is 2.17. The van der Waals surface area contributed by atoms with E-state index in [9.17, 15) is 22.8 Å². The Labute approximate surface area is 192 Å². The second kappa shape index (κ2) is 8.90. The zero-order chi connectivity index (χ0) is 24.5. The molecule has 0 unspecified atom stereocenters. The summed E-state index contributed by atoms with van der Waals surface area (Å²) < 4.78 is 30.9. The van der Waals surface area contributed by atoms with E-state index in [1.807, 2.05) is 0 Å². The number of hydrogen-bond acceptors (Lipinski definition) is 8. The quantitative estimate of drug-likeness (QED) is 0.372. The molecule has 0 radical (unpaired) electrons. The molecule has 0 saturated carbocycles. The lowest BCUT2D eigenvalue weighted by molar-refractivity contribution is -0.116. The lowest BCUT2D eigenvalue weighted by Crippen LogP contribution is -2.40. The summed E-state index contributed by atoms with van der Waals surface area (Å²) in [6.07, 6.45) is 4.10. The van der Waals surface area contributed by atoms with Crippen LogP contribution in [0.25, 0.3) is 11.2 Å². The molecule has 4 rings (SSSR count). The summed E-state index contributed by atoms with van der Waals surface area (Å²) >= 11 is 0. The van der Waals surface area contributed by atoms with Crippen LogP contribution in [0.3, 0.4) is 0 Å². The number of nitrogens with one attached hydrogen (secondary N) is 2. The zero-order valence-electron chi connectivity index (χ0n) is 18.2. The van der Waals surface area contributed by atoms with E-state index in [0.29, 0.717) is 5.69 Å². The Balaban J connectivity index is 1.44. The van der Waals surface area contributed by atoms with Crippen molar-refractivity contribution in [1.29, 1.82) is 0 Å². The Hall–Kier alpha value is -4.33. The van der Waals surface area contributed by atoms with Gasteiger partial charge in [0.2, 0.25) is 11.9 Å². The number of fused-ring (bicyclic) bond motifs is 1. The van der Waals surface area contributed by atoms with Crippen molar-refractivity contribution in [2.75, 3.05) is 10.0 Å². The highest BCUT2D eigenvalue weighted by Crippen LogP contribution is 2.16. The molecule has 0 aliphatic rings. The number of aromatic nitrogens is 6. The minimum atomic E-state index is -3.91. The molecule has 0 aliphatic heterocycles. The number of nitrogens with zero attached hydrogens (tertiary/aromatic N) is 6. The summed E-state index contributed by atoms with van der Waals surface area (Å²) in [5.74, 6) is -0.518. The van der Waals surface area contributed by atoms with Crippen molar-refractivity contribution in [3.63, 3.8) is 0 Å². The molecule has 0 atom stereocenters. The zero-order valence-corrected chi connectivity index (χ0v) is 19.0. The fraction of sp³-hybridized carbons (Fsp3) is 0.200. The lowest BCUT2D eigenvalue weighted by Gasteiger charge is -2.10. The van der Waals surface area contributed by atoms with Gasteiger partial charge in [-0.25, -0.2) is 32.9 Å². The van der Waals surface area contributed by atoms with E-state index in [2.05, 4.69) is 25.0 Å². The number of amides is 1. The molecule has 1 amide bonds. The third-order valence-electron chi connectivity index (χ3n) is 5.00. The Morgan fingerprint density at radius 3 is 2.38 bits per heavy atom. The van der Waals surface area contributed by atoms with Crippen LogP contribution in [-0.4, -0.2) is 43.0 Å². The second-order valence-electron chi connectivity index (χ2n) is 7.33. The third-order valence-corrected chi connectivity index (χ3v) is 6.35. The second-order valence-corrected chi connectivity index (χ2v) is 9.01. The van der Waals surface area contributed by atoms with Crippen LogP contribution >= 0.6 is 0 Å². The van der Waals surface area contributed by atoms with E-state index in [0.717, 1.165) is 4.57 Å². The summed E-state index contributed by atoms with van der Waals surface area (Å²) in [5.41, 5.74) is -0.235. The Morgan fingerprint density at radius 2 is 1.71 bits per heavy atom. The minimum Gasteiger partial charge on any atom is -0.328 e. The van der Waals surface area contributed by atoms with E-state index in [1.165, 1.54) is 59.2 Å². The number of sulfonamides is 1. The first-order chi connectivity index (χ1) is 16.2. The summed E-state index contributed by atoms with van der Waals surface area (Å²) in [7, 11) is -0.760. The molecule has 0 fully saturated rings. The van der Waals surface area contributed by atoms with Gasteiger partial charge in [-0.05, 0) is 30.3 Å². The van der Waals surface area contributed by atoms with Crippen LogP contribution < -0.4 is 21.3 Å². The minimum absolute atomic E-state index is 0.0440. The number of hydrogen-bond donors (Lipinski definition) is 2. The van der Waals surface area contributed by atoms with E-state index in [1.54, 1.807) is 13.1 Å².